The lowest BCUT2D eigenvalue weighted by atomic mass is 10.2. The molecular weight excluding hydrogens is 268 g/mol. The first-order chi connectivity index (χ1) is 6.55. The molecule has 4 nitrogen and oxygen atoms in total. The fourth-order valence-corrected chi connectivity index (χ4v) is 1.84. The van der Waals surface area contributed by atoms with Crippen molar-refractivity contribution in [2.45, 2.75) is 13.5 Å². The Morgan fingerprint density at radius 1 is 1.57 bits per heavy atom. The van der Waals surface area contributed by atoms with Gasteiger partial charge in [-0.25, -0.2) is 13.1 Å². The average molecular weight is 279 g/mol. The molecule has 6 heteroatoms. The SMILES string of the molecule is Cc1cccnc1CNS(=O)(=O)CBr. The normalized spacial score (nSPS) is 11.6. The van der Waals surface area contributed by atoms with Crippen LogP contribution in [-0.2, 0) is 16.6 Å². The summed E-state index contributed by atoms with van der Waals surface area (Å²) in [6.07, 6.45) is 1.64. The molecule has 0 aliphatic rings. The minimum atomic E-state index is -3.21. The molecule has 0 unspecified atom stereocenters. The molecule has 0 aromatic carbocycles. The van der Waals surface area contributed by atoms with E-state index in [0.717, 1.165) is 11.3 Å². The van der Waals surface area contributed by atoms with Crippen molar-refractivity contribution in [2.24, 2.45) is 0 Å². The summed E-state index contributed by atoms with van der Waals surface area (Å²) in [7, 11) is -3.21. The second-order valence-electron chi connectivity index (χ2n) is 2.81. The van der Waals surface area contributed by atoms with Crippen LogP contribution in [0.5, 0.6) is 0 Å². The molecule has 0 bridgehead atoms. The van der Waals surface area contributed by atoms with E-state index in [-0.39, 0.29) is 11.2 Å². The maximum Gasteiger partial charge on any atom is 0.221 e. The van der Waals surface area contributed by atoms with Gasteiger partial charge in [0.1, 0.15) is 4.66 Å². The molecule has 78 valence electrons. The molecule has 1 N–H and O–H groups in total. The number of nitrogens with zero attached hydrogens (tertiary/aromatic N) is 1. The number of sulfonamides is 1. The lowest BCUT2D eigenvalue weighted by molar-refractivity contribution is 0.585. The van der Waals surface area contributed by atoms with Gasteiger partial charge in [-0.1, -0.05) is 22.0 Å². The lowest BCUT2D eigenvalue weighted by Crippen LogP contribution is -2.24. The molecule has 0 saturated carbocycles. The average Bonchev–Trinajstić information content (AvgIpc) is 2.17. The second-order valence-corrected chi connectivity index (χ2v) is 5.92. The predicted molar refractivity (Wildman–Crippen MR) is 58.5 cm³/mol. The number of hydrogen-bond donors (Lipinski definition) is 1. The smallest absolute Gasteiger partial charge is 0.221 e. The first-order valence-electron chi connectivity index (χ1n) is 3.99. The van der Waals surface area contributed by atoms with Crippen molar-refractivity contribution in [1.82, 2.24) is 9.71 Å². The van der Waals surface area contributed by atoms with E-state index in [2.05, 4.69) is 25.6 Å². The van der Waals surface area contributed by atoms with E-state index in [1.54, 1.807) is 6.20 Å². The monoisotopic (exact) mass is 278 g/mol. The van der Waals surface area contributed by atoms with Crippen LogP contribution >= 0.6 is 15.9 Å². The maximum absolute atomic E-state index is 11.1. The lowest BCUT2D eigenvalue weighted by Gasteiger charge is -2.05. The van der Waals surface area contributed by atoms with Crippen molar-refractivity contribution >= 4 is 26.0 Å². The van der Waals surface area contributed by atoms with E-state index in [9.17, 15) is 8.42 Å². The van der Waals surface area contributed by atoms with Crippen LogP contribution in [0.4, 0.5) is 0 Å². The molecule has 0 saturated heterocycles. The molecule has 1 heterocycles. The number of hydrogen-bond acceptors (Lipinski definition) is 3. The van der Waals surface area contributed by atoms with E-state index in [4.69, 9.17) is 0 Å². The molecule has 0 fully saturated rings. The maximum atomic E-state index is 11.1. The number of aryl methyl sites for hydroxylation is 1. The zero-order valence-electron chi connectivity index (χ0n) is 7.70. The van der Waals surface area contributed by atoms with Gasteiger partial charge in [-0.05, 0) is 18.6 Å². The highest BCUT2D eigenvalue weighted by Crippen LogP contribution is 2.03. The Labute approximate surface area is 91.9 Å². The summed E-state index contributed by atoms with van der Waals surface area (Å²) in [4.78, 5) is 4.07. The molecule has 0 spiro atoms. The molecular formula is C8H11BrN2O2S. The summed E-state index contributed by atoms with van der Waals surface area (Å²) in [5.41, 5.74) is 1.72. The largest absolute Gasteiger partial charge is 0.260 e. The van der Waals surface area contributed by atoms with Crippen molar-refractivity contribution < 1.29 is 8.42 Å². The number of pyridine rings is 1. The summed E-state index contributed by atoms with van der Waals surface area (Å²) in [5, 5.41) is 0. The number of rotatable bonds is 4. The van der Waals surface area contributed by atoms with E-state index in [1.807, 2.05) is 19.1 Å². The van der Waals surface area contributed by atoms with Gasteiger partial charge in [0.25, 0.3) is 0 Å². The summed E-state index contributed by atoms with van der Waals surface area (Å²) < 4.78 is 24.5. The van der Waals surface area contributed by atoms with Crippen molar-refractivity contribution in [3.05, 3.63) is 29.6 Å². The van der Waals surface area contributed by atoms with Gasteiger partial charge in [0.2, 0.25) is 10.0 Å². The molecule has 0 aliphatic heterocycles. The summed E-state index contributed by atoms with van der Waals surface area (Å²) in [6, 6.07) is 3.71. The third-order valence-electron chi connectivity index (χ3n) is 1.72. The van der Waals surface area contributed by atoms with E-state index in [0.29, 0.717) is 0 Å². The summed E-state index contributed by atoms with van der Waals surface area (Å²) in [5.74, 6) is 0. The van der Waals surface area contributed by atoms with Gasteiger partial charge < -0.3 is 0 Å². The van der Waals surface area contributed by atoms with Gasteiger partial charge >= 0.3 is 0 Å². The van der Waals surface area contributed by atoms with Crippen LogP contribution in [0.1, 0.15) is 11.3 Å². The van der Waals surface area contributed by atoms with Gasteiger partial charge in [-0.15, -0.1) is 0 Å². The molecule has 1 aromatic heterocycles. The van der Waals surface area contributed by atoms with E-state index in [1.165, 1.54) is 0 Å². The topological polar surface area (TPSA) is 59.1 Å². The Kier molecular flexibility index (Phi) is 4.03. The van der Waals surface area contributed by atoms with Gasteiger partial charge in [-0.3, -0.25) is 4.98 Å². The van der Waals surface area contributed by atoms with E-state index < -0.39 is 10.0 Å². The quantitative estimate of drug-likeness (QED) is 0.841. The van der Waals surface area contributed by atoms with Crippen molar-refractivity contribution in [1.29, 1.82) is 0 Å². The van der Waals surface area contributed by atoms with Crippen LogP contribution in [0, 0.1) is 6.92 Å². The molecule has 0 radical (unpaired) electrons. The summed E-state index contributed by atoms with van der Waals surface area (Å²) in [6.45, 7) is 2.13. The van der Waals surface area contributed by atoms with Crippen LogP contribution in [0.15, 0.2) is 18.3 Å². The Morgan fingerprint density at radius 2 is 2.29 bits per heavy atom. The highest BCUT2D eigenvalue weighted by Gasteiger charge is 2.08. The Bertz CT molecular complexity index is 406. The number of alkyl halides is 1. The Hall–Kier alpha value is -0.460. The standard InChI is InChI=1S/C8H11BrN2O2S/c1-7-3-2-4-10-8(7)5-11-14(12,13)6-9/h2-4,11H,5-6H2,1H3. The minimum absolute atomic E-state index is 0.0914. The van der Waals surface area contributed by atoms with Crippen LogP contribution in [-0.4, -0.2) is 18.1 Å². The van der Waals surface area contributed by atoms with Gasteiger partial charge in [0, 0.05) is 6.20 Å². The molecule has 14 heavy (non-hydrogen) atoms. The first kappa shape index (κ1) is 11.6. The fourth-order valence-electron chi connectivity index (χ4n) is 0.920. The molecule has 0 atom stereocenters. The third-order valence-corrected chi connectivity index (χ3v) is 4.40. The Morgan fingerprint density at radius 3 is 2.86 bits per heavy atom. The summed E-state index contributed by atoms with van der Waals surface area (Å²) >= 11 is 2.89. The number of nitrogens with one attached hydrogen (secondary N) is 1. The number of aromatic nitrogens is 1. The molecule has 1 rings (SSSR count). The fraction of sp³-hybridized carbons (Fsp3) is 0.375. The van der Waals surface area contributed by atoms with Crippen molar-refractivity contribution in [3.8, 4) is 0 Å². The third kappa shape index (κ3) is 3.36. The van der Waals surface area contributed by atoms with Gasteiger partial charge in [0.15, 0.2) is 0 Å². The first-order valence-corrected chi connectivity index (χ1v) is 6.76. The van der Waals surface area contributed by atoms with Crippen molar-refractivity contribution in [3.63, 3.8) is 0 Å². The predicted octanol–water partition coefficient (Wildman–Crippen LogP) is 1.16. The van der Waals surface area contributed by atoms with Gasteiger partial charge in [-0.2, -0.15) is 0 Å². The zero-order chi connectivity index (χ0) is 10.6. The Balaban J connectivity index is 2.68. The number of halogens is 1. The molecule has 0 amide bonds. The second kappa shape index (κ2) is 4.86. The van der Waals surface area contributed by atoms with Crippen LogP contribution < -0.4 is 4.72 Å². The zero-order valence-corrected chi connectivity index (χ0v) is 10.1. The van der Waals surface area contributed by atoms with Crippen LogP contribution in [0.2, 0.25) is 0 Å². The van der Waals surface area contributed by atoms with E-state index >= 15 is 0 Å². The molecule has 0 aliphatic carbocycles. The molecule has 1 aromatic rings. The highest BCUT2D eigenvalue weighted by atomic mass is 79.9. The minimum Gasteiger partial charge on any atom is -0.260 e. The van der Waals surface area contributed by atoms with Crippen LogP contribution in [0.3, 0.4) is 0 Å². The van der Waals surface area contributed by atoms with Gasteiger partial charge in [0.05, 0.1) is 12.2 Å². The van der Waals surface area contributed by atoms with Crippen LogP contribution in [0.25, 0.3) is 0 Å². The van der Waals surface area contributed by atoms with Crippen molar-refractivity contribution in [2.75, 3.05) is 4.66 Å². The highest BCUT2D eigenvalue weighted by molar-refractivity contribution is 9.10.